The second-order valence-corrected chi connectivity index (χ2v) is 4.53. The Morgan fingerprint density at radius 1 is 1.53 bits per heavy atom. The van der Waals surface area contributed by atoms with Gasteiger partial charge in [0, 0.05) is 4.47 Å². The molecule has 1 rings (SSSR count). The molecule has 1 aromatic carbocycles. The van der Waals surface area contributed by atoms with Crippen molar-refractivity contribution in [3.8, 4) is 0 Å². The second-order valence-electron chi connectivity index (χ2n) is 3.20. The fourth-order valence-corrected chi connectivity index (χ4v) is 1.84. The fraction of sp³-hybridized carbons (Fsp3) is 0.364. The van der Waals surface area contributed by atoms with Gasteiger partial charge in [-0.1, -0.05) is 53.3 Å². The minimum Gasteiger partial charge on any atom is -0.391 e. The van der Waals surface area contributed by atoms with E-state index in [2.05, 4.69) is 15.9 Å². The van der Waals surface area contributed by atoms with Crippen molar-refractivity contribution in [1.82, 2.24) is 0 Å². The van der Waals surface area contributed by atoms with Crippen molar-refractivity contribution in [3.05, 3.63) is 34.3 Å². The Balaban J connectivity index is 2.56. The van der Waals surface area contributed by atoms with Gasteiger partial charge < -0.3 is 10.5 Å². The zero-order valence-corrected chi connectivity index (χ0v) is 11.0. The maximum atomic E-state index is 5.62. The molecule has 0 saturated heterocycles. The molecular weight excluding hydrogens is 274 g/mol. The molecule has 0 spiro atoms. The molecular formula is C11H14BrNOS. The van der Waals surface area contributed by atoms with Gasteiger partial charge in [-0.15, -0.1) is 0 Å². The predicted octanol–water partition coefficient (Wildman–Crippen LogP) is 3.03. The summed E-state index contributed by atoms with van der Waals surface area (Å²) in [5.41, 5.74) is 6.65. The lowest BCUT2D eigenvalue weighted by molar-refractivity contribution is 0.0826. The van der Waals surface area contributed by atoms with Crippen molar-refractivity contribution in [3.63, 3.8) is 0 Å². The van der Waals surface area contributed by atoms with Crippen LogP contribution in [0.1, 0.15) is 18.9 Å². The van der Waals surface area contributed by atoms with Crippen molar-refractivity contribution in [2.45, 2.75) is 26.1 Å². The molecule has 1 atom stereocenters. The van der Waals surface area contributed by atoms with Gasteiger partial charge in [0.15, 0.2) is 0 Å². The monoisotopic (exact) mass is 287 g/mol. The average Bonchev–Trinajstić information content (AvgIpc) is 2.21. The number of thiocarbonyl (C=S) groups is 1. The molecule has 2 N–H and O–H groups in total. The minimum atomic E-state index is -0.132. The summed E-state index contributed by atoms with van der Waals surface area (Å²) in [4.78, 5) is 0.421. The number of rotatable bonds is 5. The van der Waals surface area contributed by atoms with Crippen LogP contribution in [-0.4, -0.2) is 11.1 Å². The molecule has 2 nitrogen and oxygen atoms in total. The normalized spacial score (nSPS) is 12.4. The van der Waals surface area contributed by atoms with E-state index in [1.54, 1.807) is 0 Å². The molecule has 15 heavy (non-hydrogen) atoms. The smallest absolute Gasteiger partial charge is 0.107 e. The van der Waals surface area contributed by atoms with Gasteiger partial charge in [-0.3, -0.25) is 0 Å². The molecule has 1 unspecified atom stereocenters. The highest BCUT2D eigenvalue weighted by atomic mass is 79.9. The number of ether oxygens (including phenoxy) is 1. The van der Waals surface area contributed by atoms with Gasteiger partial charge in [-0.05, 0) is 18.1 Å². The van der Waals surface area contributed by atoms with Crippen molar-refractivity contribution in [2.75, 3.05) is 0 Å². The Kier molecular flexibility index (Phi) is 5.22. The topological polar surface area (TPSA) is 35.2 Å². The van der Waals surface area contributed by atoms with Gasteiger partial charge in [0.05, 0.1) is 6.61 Å². The molecule has 0 amide bonds. The molecule has 0 aromatic heterocycles. The van der Waals surface area contributed by atoms with Crippen LogP contribution >= 0.6 is 28.1 Å². The van der Waals surface area contributed by atoms with E-state index in [4.69, 9.17) is 22.7 Å². The number of nitrogens with two attached hydrogens (primary N) is 1. The Morgan fingerprint density at radius 2 is 2.20 bits per heavy atom. The van der Waals surface area contributed by atoms with Crippen molar-refractivity contribution >= 4 is 33.1 Å². The lowest BCUT2D eigenvalue weighted by Gasteiger charge is -2.14. The van der Waals surface area contributed by atoms with Crippen LogP contribution in [0.2, 0.25) is 0 Å². The fourth-order valence-electron chi connectivity index (χ4n) is 1.21. The van der Waals surface area contributed by atoms with E-state index in [9.17, 15) is 0 Å². The highest BCUT2D eigenvalue weighted by Gasteiger charge is 2.10. The summed E-state index contributed by atoms with van der Waals surface area (Å²) < 4.78 is 6.67. The van der Waals surface area contributed by atoms with Crippen LogP contribution in [0.3, 0.4) is 0 Å². The SMILES string of the molecule is CCC(OCc1ccccc1Br)C(N)=S. The number of hydrogen-bond donors (Lipinski definition) is 1. The van der Waals surface area contributed by atoms with Gasteiger partial charge in [0.1, 0.15) is 11.1 Å². The van der Waals surface area contributed by atoms with Crippen LogP contribution in [0.4, 0.5) is 0 Å². The van der Waals surface area contributed by atoms with E-state index >= 15 is 0 Å². The van der Waals surface area contributed by atoms with E-state index in [-0.39, 0.29) is 6.10 Å². The van der Waals surface area contributed by atoms with E-state index in [1.165, 1.54) is 0 Å². The lowest BCUT2D eigenvalue weighted by atomic mass is 10.2. The highest BCUT2D eigenvalue weighted by Crippen LogP contribution is 2.17. The largest absolute Gasteiger partial charge is 0.391 e. The Labute approximate surface area is 104 Å². The first-order valence-corrected chi connectivity index (χ1v) is 5.99. The van der Waals surface area contributed by atoms with Crippen LogP contribution in [0.15, 0.2) is 28.7 Å². The maximum Gasteiger partial charge on any atom is 0.107 e. The Hall–Kier alpha value is -0.450. The van der Waals surface area contributed by atoms with Gasteiger partial charge in [0.25, 0.3) is 0 Å². The maximum absolute atomic E-state index is 5.62. The Bertz CT molecular complexity index is 343. The second kappa shape index (κ2) is 6.20. The molecule has 0 bridgehead atoms. The van der Waals surface area contributed by atoms with Gasteiger partial charge >= 0.3 is 0 Å². The van der Waals surface area contributed by atoms with Gasteiger partial charge in [-0.25, -0.2) is 0 Å². The third kappa shape index (κ3) is 3.89. The summed E-state index contributed by atoms with van der Waals surface area (Å²) in [7, 11) is 0. The molecule has 0 saturated carbocycles. The third-order valence-corrected chi connectivity index (χ3v) is 3.12. The van der Waals surface area contributed by atoms with E-state index in [1.807, 2.05) is 31.2 Å². The van der Waals surface area contributed by atoms with Crippen molar-refractivity contribution < 1.29 is 4.74 Å². The Morgan fingerprint density at radius 3 is 2.73 bits per heavy atom. The number of hydrogen-bond acceptors (Lipinski definition) is 2. The molecule has 0 heterocycles. The van der Waals surface area contributed by atoms with Gasteiger partial charge in [-0.2, -0.15) is 0 Å². The van der Waals surface area contributed by atoms with Crippen LogP contribution in [-0.2, 0) is 11.3 Å². The van der Waals surface area contributed by atoms with Crippen LogP contribution in [0.5, 0.6) is 0 Å². The van der Waals surface area contributed by atoms with Crippen molar-refractivity contribution in [2.24, 2.45) is 5.73 Å². The van der Waals surface area contributed by atoms with E-state index in [0.717, 1.165) is 16.5 Å². The molecule has 0 radical (unpaired) electrons. The molecule has 4 heteroatoms. The molecule has 0 fully saturated rings. The van der Waals surface area contributed by atoms with Crippen LogP contribution in [0, 0.1) is 0 Å². The molecule has 1 aromatic rings. The highest BCUT2D eigenvalue weighted by molar-refractivity contribution is 9.10. The summed E-state index contributed by atoms with van der Waals surface area (Å²) in [6, 6.07) is 7.94. The summed E-state index contributed by atoms with van der Waals surface area (Å²) in [5.74, 6) is 0. The predicted molar refractivity (Wildman–Crippen MR) is 69.8 cm³/mol. The summed E-state index contributed by atoms with van der Waals surface area (Å²) in [6.45, 7) is 2.53. The minimum absolute atomic E-state index is 0.132. The average molecular weight is 288 g/mol. The first-order valence-electron chi connectivity index (χ1n) is 4.79. The number of halogens is 1. The molecule has 0 aliphatic heterocycles. The first kappa shape index (κ1) is 12.6. The quantitative estimate of drug-likeness (QED) is 0.846. The summed E-state index contributed by atoms with van der Waals surface area (Å²) >= 11 is 8.37. The zero-order chi connectivity index (χ0) is 11.3. The lowest BCUT2D eigenvalue weighted by Crippen LogP contribution is -2.28. The van der Waals surface area contributed by atoms with Crippen LogP contribution in [0.25, 0.3) is 0 Å². The summed E-state index contributed by atoms with van der Waals surface area (Å²) in [5, 5.41) is 0. The number of benzene rings is 1. The molecule has 82 valence electrons. The van der Waals surface area contributed by atoms with Crippen molar-refractivity contribution in [1.29, 1.82) is 0 Å². The third-order valence-electron chi connectivity index (χ3n) is 2.09. The molecule has 0 aliphatic rings. The van der Waals surface area contributed by atoms with E-state index < -0.39 is 0 Å². The standard InChI is InChI=1S/C11H14BrNOS/c1-2-10(11(13)15)14-7-8-5-3-4-6-9(8)12/h3-6,10H,2,7H2,1H3,(H2,13,15). The zero-order valence-electron chi connectivity index (χ0n) is 8.57. The summed E-state index contributed by atoms with van der Waals surface area (Å²) in [6.07, 6.45) is 0.673. The van der Waals surface area contributed by atoms with Gasteiger partial charge in [0.2, 0.25) is 0 Å². The van der Waals surface area contributed by atoms with Crippen LogP contribution < -0.4 is 5.73 Å². The molecule has 0 aliphatic carbocycles. The first-order chi connectivity index (χ1) is 7.15. The van der Waals surface area contributed by atoms with E-state index in [0.29, 0.717) is 11.6 Å².